The van der Waals surface area contributed by atoms with Crippen molar-refractivity contribution in [3.05, 3.63) is 22.4 Å². The third-order valence-corrected chi connectivity index (χ3v) is 2.49. The Morgan fingerprint density at radius 1 is 1.64 bits per heavy atom. The van der Waals surface area contributed by atoms with Crippen molar-refractivity contribution < 1.29 is 0 Å². The van der Waals surface area contributed by atoms with Crippen molar-refractivity contribution in [1.29, 1.82) is 0 Å². The van der Waals surface area contributed by atoms with Gasteiger partial charge in [-0.2, -0.15) is 0 Å². The molecule has 3 heteroatoms. The van der Waals surface area contributed by atoms with E-state index in [2.05, 4.69) is 38.9 Å². The van der Waals surface area contributed by atoms with Crippen molar-refractivity contribution in [3.8, 4) is 0 Å². The van der Waals surface area contributed by atoms with E-state index < -0.39 is 0 Å². The standard InChI is InChI=1S/C8H9BrN2/c1-11-3-2-6-5-10-8(9)4-7(6)11/h4-5H,2-3H2,1H3. The summed E-state index contributed by atoms with van der Waals surface area (Å²) in [6.07, 6.45) is 3.08. The molecule has 0 saturated heterocycles. The fraction of sp³-hybridized carbons (Fsp3) is 0.375. The molecule has 1 aliphatic rings. The lowest BCUT2D eigenvalue weighted by atomic mass is 10.2. The van der Waals surface area contributed by atoms with E-state index >= 15 is 0 Å². The maximum atomic E-state index is 4.18. The topological polar surface area (TPSA) is 16.1 Å². The first kappa shape index (κ1) is 7.10. The van der Waals surface area contributed by atoms with Crippen LogP contribution in [-0.4, -0.2) is 18.6 Å². The Balaban J connectivity index is 2.52. The number of pyridine rings is 1. The van der Waals surface area contributed by atoms with Crippen LogP contribution in [0.4, 0.5) is 5.69 Å². The molecule has 0 N–H and O–H groups in total. The maximum absolute atomic E-state index is 4.18. The number of hydrogen-bond acceptors (Lipinski definition) is 2. The minimum atomic E-state index is 0.921. The van der Waals surface area contributed by atoms with E-state index in [9.17, 15) is 0 Å². The summed E-state index contributed by atoms with van der Waals surface area (Å²) in [5, 5.41) is 0. The molecule has 0 unspecified atom stereocenters. The third-order valence-electron chi connectivity index (χ3n) is 2.06. The van der Waals surface area contributed by atoms with Gasteiger partial charge in [-0.05, 0) is 34.0 Å². The van der Waals surface area contributed by atoms with E-state index in [1.165, 1.54) is 11.3 Å². The highest BCUT2D eigenvalue weighted by molar-refractivity contribution is 9.10. The average molecular weight is 213 g/mol. The van der Waals surface area contributed by atoms with Crippen LogP contribution in [0.1, 0.15) is 5.56 Å². The van der Waals surface area contributed by atoms with E-state index in [1.54, 1.807) is 0 Å². The number of anilines is 1. The van der Waals surface area contributed by atoms with Gasteiger partial charge in [0.05, 0.1) is 0 Å². The van der Waals surface area contributed by atoms with E-state index in [0.717, 1.165) is 17.6 Å². The Labute approximate surface area is 74.4 Å². The lowest BCUT2D eigenvalue weighted by Crippen LogP contribution is -2.12. The summed E-state index contributed by atoms with van der Waals surface area (Å²) in [5.41, 5.74) is 2.67. The molecule has 1 aromatic heterocycles. The molecule has 58 valence electrons. The summed E-state index contributed by atoms with van der Waals surface area (Å²) < 4.78 is 0.921. The molecule has 0 spiro atoms. The van der Waals surface area contributed by atoms with Gasteiger partial charge in [0.1, 0.15) is 4.60 Å². The molecule has 0 atom stereocenters. The molecule has 2 rings (SSSR count). The summed E-state index contributed by atoms with van der Waals surface area (Å²) in [5.74, 6) is 0. The molecule has 11 heavy (non-hydrogen) atoms. The first-order valence-corrected chi connectivity index (χ1v) is 4.42. The van der Waals surface area contributed by atoms with E-state index in [0.29, 0.717) is 0 Å². The predicted octanol–water partition coefficient (Wildman–Crippen LogP) is 1.84. The molecule has 2 heterocycles. The lowest BCUT2D eigenvalue weighted by molar-refractivity contribution is 0.955. The second-order valence-electron chi connectivity index (χ2n) is 2.81. The van der Waals surface area contributed by atoms with E-state index in [4.69, 9.17) is 0 Å². The quantitative estimate of drug-likeness (QED) is 0.611. The first-order chi connectivity index (χ1) is 5.27. The van der Waals surface area contributed by atoms with Crippen LogP contribution in [0.25, 0.3) is 0 Å². The maximum Gasteiger partial charge on any atom is 0.108 e. The second-order valence-corrected chi connectivity index (χ2v) is 3.62. The second kappa shape index (κ2) is 2.48. The van der Waals surface area contributed by atoms with Crippen LogP contribution in [0.5, 0.6) is 0 Å². The van der Waals surface area contributed by atoms with Gasteiger partial charge in [0.25, 0.3) is 0 Å². The predicted molar refractivity (Wildman–Crippen MR) is 48.9 cm³/mol. The largest absolute Gasteiger partial charge is 0.374 e. The van der Waals surface area contributed by atoms with Crippen LogP contribution >= 0.6 is 15.9 Å². The normalized spacial score (nSPS) is 15.3. The zero-order chi connectivity index (χ0) is 7.84. The molecule has 0 radical (unpaired) electrons. The monoisotopic (exact) mass is 212 g/mol. The van der Waals surface area contributed by atoms with Crippen LogP contribution in [0, 0.1) is 0 Å². The highest BCUT2D eigenvalue weighted by Gasteiger charge is 2.15. The molecular formula is C8H9BrN2. The Hall–Kier alpha value is -0.570. The van der Waals surface area contributed by atoms with Gasteiger partial charge in [-0.3, -0.25) is 0 Å². The van der Waals surface area contributed by atoms with E-state index in [1.807, 2.05) is 6.20 Å². The van der Waals surface area contributed by atoms with Crippen molar-refractivity contribution >= 4 is 21.6 Å². The number of hydrogen-bond donors (Lipinski definition) is 0. The summed E-state index contributed by atoms with van der Waals surface area (Å²) in [6.45, 7) is 1.12. The minimum absolute atomic E-state index is 0.921. The summed E-state index contributed by atoms with van der Waals surface area (Å²) in [6, 6.07) is 2.07. The van der Waals surface area contributed by atoms with Gasteiger partial charge >= 0.3 is 0 Å². The molecule has 0 fully saturated rings. The van der Waals surface area contributed by atoms with Crippen LogP contribution in [0.2, 0.25) is 0 Å². The summed E-state index contributed by atoms with van der Waals surface area (Å²) in [4.78, 5) is 6.43. The Morgan fingerprint density at radius 2 is 2.45 bits per heavy atom. The van der Waals surface area contributed by atoms with Gasteiger partial charge in [-0.15, -0.1) is 0 Å². The van der Waals surface area contributed by atoms with Gasteiger partial charge < -0.3 is 4.90 Å². The smallest absolute Gasteiger partial charge is 0.108 e. The molecule has 0 aliphatic carbocycles. The molecule has 2 nitrogen and oxygen atoms in total. The third kappa shape index (κ3) is 1.13. The number of halogens is 1. The number of rotatable bonds is 0. The highest BCUT2D eigenvalue weighted by atomic mass is 79.9. The summed E-state index contributed by atoms with van der Waals surface area (Å²) >= 11 is 3.35. The Bertz CT molecular complexity index is 285. The highest BCUT2D eigenvalue weighted by Crippen LogP contribution is 2.27. The van der Waals surface area contributed by atoms with Gasteiger partial charge in [0.2, 0.25) is 0 Å². The number of aromatic nitrogens is 1. The molecule has 0 bridgehead atoms. The van der Waals surface area contributed by atoms with Crippen molar-refractivity contribution in [2.45, 2.75) is 6.42 Å². The zero-order valence-corrected chi connectivity index (χ0v) is 7.93. The fourth-order valence-corrected chi connectivity index (χ4v) is 1.72. The number of fused-ring (bicyclic) bond motifs is 1. The number of likely N-dealkylation sites (N-methyl/N-ethyl adjacent to an activating group) is 1. The Morgan fingerprint density at radius 3 is 3.27 bits per heavy atom. The molecule has 0 aromatic carbocycles. The van der Waals surface area contributed by atoms with Crippen LogP contribution in [-0.2, 0) is 6.42 Å². The van der Waals surface area contributed by atoms with Gasteiger partial charge in [-0.1, -0.05) is 0 Å². The van der Waals surface area contributed by atoms with Crippen LogP contribution < -0.4 is 4.90 Å². The van der Waals surface area contributed by atoms with Gasteiger partial charge in [0.15, 0.2) is 0 Å². The molecule has 1 aliphatic heterocycles. The first-order valence-electron chi connectivity index (χ1n) is 3.63. The number of nitrogens with zero attached hydrogens (tertiary/aromatic N) is 2. The van der Waals surface area contributed by atoms with E-state index in [-0.39, 0.29) is 0 Å². The van der Waals surface area contributed by atoms with Crippen molar-refractivity contribution in [1.82, 2.24) is 4.98 Å². The van der Waals surface area contributed by atoms with Crippen molar-refractivity contribution in [2.75, 3.05) is 18.5 Å². The van der Waals surface area contributed by atoms with Gasteiger partial charge in [-0.25, -0.2) is 4.98 Å². The fourth-order valence-electron chi connectivity index (χ4n) is 1.41. The zero-order valence-electron chi connectivity index (χ0n) is 6.34. The van der Waals surface area contributed by atoms with Crippen molar-refractivity contribution in [3.63, 3.8) is 0 Å². The average Bonchev–Trinajstić information content (AvgIpc) is 2.33. The SMILES string of the molecule is CN1CCc2cnc(Br)cc21. The van der Waals surface area contributed by atoms with Crippen LogP contribution in [0.3, 0.4) is 0 Å². The summed E-state index contributed by atoms with van der Waals surface area (Å²) in [7, 11) is 2.11. The lowest BCUT2D eigenvalue weighted by Gasteiger charge is -2.10. The Kier molecular flexibility index (Phi) is 1.60. The minimum Gasteiger partial charge on any atom is -0.374 e. The van der Waals surface area contributed by atoms with Crippen molar-refractivity contribution in [2.24, 2.45) is 0 Å². The molecular weight excluding hydrogens is 204 g/mol. The molecule has 1 aromatic rings. The van der Waals surface area contributed by atoms with Crippen LogP contribution in [0.15, 0.2) is 16.9 Å². The molecule has 0 saturated carbocycles. The van der Waals surface area contributed by atoms with Gasteiger partial charge in [0, 0.05) is 25.5 Å². The molecule has 0 amide bonds.